The number of nitrogens with zero attached hydrogens (tertiary/aromatic N) is 1. The molecule has 0 saturated carbocycles. The minimum absolute atomic E-state index is 0.00346. The number of carbonyl (C=O) groups excluding carboxylic acids is 3. The fourth-order valence-electron chi connectivity index (χ4n) is 5.56. The largest absolute Gasteiger partial charge is 0.319 e. The Kier molecular flexibility index (Phi) is 10.1. The summed E-state index contributed by atoms with van der Waals surface area (Å²) in [5.74, 6) is 0.327. The van der Waals surface area contributed by atoms with Crippen molar-refractivity contribution in [1.29, 1.82) is 0 Å². The molecule has 0 amide bonds. The van der Waals surface area contributed by atoms with Crippen LogP contribution in [0.1, 0.15) is 103 Å². The highest BCUT2D eigenvalue weighted by Gasteiger charge is 2.49. The molecule has 1 N–H and O–H groups in total. The van der Waals surface area contributed by atoms with Gasteiger partial charge in [0.15, 0.2) is 0 Å². The molecular formula is C27H52N2O3. The number of ketones is 3. The fraction of sp³-hybridized carbons (Fsp3) is 0.889. The lowest BCUT2D eigenvalue weighted by molar-refractivity contribution is -0.140. The van der Waals surface area contributed by atoms with Gasteiger partial charge in [0.25, 0.3) is 0 Å². The molecule has 1 unspecified atom stereocenters. The Morgan fingerprint density at radius 3 is 1.53 bits per heavy atom. The highest BCUT2D eigenvalue weighted by atomic mass is 16.1. The molecule has 0 heterocycles. The number of hydrogen-bond acceptors (Lipinski definition) is 5. The van der Waals surface area contributed by atoms with Gasteiger partial charge in [0.2, 0.25) is 0 Å². The van der Waals surface area contributed by atoms with Gasteiger partial charge in [0.05, 0.1) is 6.04 Å². The lowest BCUT2D eigenvalue weighted by Crippen LogP contribution is -2.62. The summed E-state index contributed by atoms with van der Waals surface area (Å²) in [6, 6.07) is -0.380. The molecule has 0 aromatic carbocycles. The molecule has 1 atom stereocenters. The van der Waals surface area contributed by atoms with Crippen LogP contribution in [-0.2, 0) is 14.4 Å². The van der Waals surface area contributed by atoms with E-state index in [1.54, 1.807) is 20.8 Å². The second-order valence-electron chi connectivity index (χ2n) is 13.4. The van der Waals surface area contributed by atoms with Crippen LogP contribution in [0.3, 0.4) is 0 Å². The van der Waals surface area contributed by atoms with Crippen LogP contribution in [-0.4, -0.2) is 54.0 Å². The van der Waals surface area contributed by atoms with Crippen molar-refractivity contribution in [2.24, 2.45) is 21.7 Å². The van der Waals surface area contributed by atoms with Crippen LogP contribution in [0.5, 0.6) is 0 Å². The van der Waals surface area contributed by atoms with Crippen LogP contribution in [0.15, 0.2) is 0 Å². The lowest BCUT2D eigenvalue weighted by atomic mass is 9.67. The molecule has 5 nitrogen and oxygen atoms in total. The second kappa shape index (κ2) is 10.5. The van der Waals surface area contributed by atoms with E-state index in [0.29, 0.717) is 13.0 Å². The van der Waals surface area contributed by atoms with Crippen molar-refractivity contribution in [3.8, 4) is 0 Å². The summed E-state index contributed by atoms with van der Waals surface area (Å²) in [5.41, 5.74) is -1.95. The molecular weight excluding hydrogens is 400 g/mol. The van der Waals surface area contributed by atoms with E-state index >= 15 is 0 Å². The maximum Gasteiger partial charge on any atom is 0.147 e. The fourth-order valence-corrected chi connectivity index (χ4v) is 5.56. The molecule has 0 aliphatic carbocycles. The number of carbonyl (C=O) groups is 3. The van der Waals surface area contributed by atoms with E-state index in [1.807, 2.05) is 34.7 Å². The van der Waals surface area contributed by atoms with E-state index in [4.69, 9.17) is 0 Å². The number of hydrogen-bond donors (Lipinski definition) is 1. The summed E-state index contributed by atoms with van der Waals surface area (Å²) in [5, 5.41) is 3.27. The zero-order chi connectivity index (χ0) is 25.9. The van der Waals surface area contributed by atoms with Crippen molar-refractivity contribution < 1.29 is 14.4 Å². The molecule has 0 rings (SSSR count). The van der Waals surface area contributed by atoms with Gasteiger partial charge in [-0.3, -0.25) is 19.3 Å². The van der Waals surface area contributed by atoms with Crippen molar-refractivity contribution in [2.45, 2.75) is 114 Å². The maximum atomic E-state index is 13.3. The quantitative estimate of drug-likeness (QED) is 0.387. The van der Waals surface area contributed by atoms with Crippen LogP contribution < -0.4 is 5.32 Å². The van der Waals surface area contributed by atoms with Crippen molar-refractivity contribution in [1.82, 2.24) is 10.2 Å². The SMILES string of the molecule is CNCC(C)(C)CC(C)(C)C(C(C)=O)N(CC(C)(C)C(C)=O)C(C)(C)CC(C)(C)C(C)=O. The molecule has 0 aromatic rings. The predicted molar refractivity (Wildman–Crippen MR) is 135 cm³/mol. The molecule has 0 saturated heterocycles. The van der Waals surface area contributed by atoms with Gasteiger partial charge < -0.3 is 5.32 Å². The van der Waals surface area contributed by atoms with Gasteiger partial charge in [-0.2, -0.15) is 0 Å². The number of nitrogens with one attached hydrogen (secondary N) is 1. The third kappa shape index (κ3) is 8.37. The molecule has 0 aliphatic heterocycles. The predicted octanol–water partition coefficient (Wildman–Crippen LogP) is 5.31. The van der Waals surface area contributed by atoms with Crippen molar-refractivity contribution in [3.05, 3.63) is 0 Å². The Morgan fingerprint density at radius 2 is 1.19 bits per heavy atom. The van der Waals surface area contributed by atoms with E-state index in [2.05, 4.69) is 51.8 Å². The second-order valence-corrected chi connectivity index (χ2v) is 13.4. The summed E-state index contributed by atoms with van der Waals surface area (Å²) in [6.45, 7) is 27.0. The smallest absolute Gasteiger partial charge is 0.147 e. The van der Waals surface area contributed by atoms with Gasteiger partial charge in [0, 0.05) is 22.9 Å². The third-order valence-corrected chi connectivity index (χ3v) is 7.15. The molecule has 32 heavy (non-hydrogen) atoms. The lowest BCUT2D eigenvalue weighted by Gasteiger charge is -2.53. The van der Waals surface area contributed by atoms with E-state index in [1.165, 1.54) is 0 Å². The number of rotatable bonds is 14. The van der Waals surface area contributed by atoms with Gasteiger partial charge in [-0.1, -0.05) is 55.4 Å². The van der Waals surface area contributed by atoms with Crippen molar-refractivity contribution in [2.75, 3.05) is 20.1 Å². The molecule has 0 aromatic heterocycles. The van der Waals surface area contributed by atoms with E-state index in [9.17, 15) is 14.4 Å². The Labute approximate surface area is 198 Å². The Hall–Kier alpha value is -1.07. The zero-order valence-corrected chi connectivity index (χ0v) is 23.6. The summed E-state index contributed by atoms with van der Waals surface area (Å²) in [4.78, 5) is 40.4. The summed E-state index contributed by atoms with van der Waals surface area (Å²) < 4.78 is 0. The van der Waals surface area contributed by atoms with Crippen LogP contribution in [0.25, 0.3) is 0 Å². The number of Topliss-reactive ketones (excluding diaryl/α,β-unsaturated/α-hetero) is 3. The topological polar surface area (TPSA) is 66.5 Å². The van der Waals surface area contributed by atoms with E-state index < -0.39 is 16.4 Å². The summed E-state index contributed by atoms with van der Waals surface area (Å²) in [6.07, 6.45) is 1.44. The van der Waals surface area contributed by atoms with Gasteiger partial charge in [-0.05, 0) is 71.9 Å². The Morgan fingerprint density at radius 1 is 0.750 bits per heavy atom. The standard InChI is InChI=1S/C27H52N2O3/c1-19(30)22(25(8,9)15-23(4,5)17-28-14)29(18-26(10,11)21(3)32)27(12,13)16-24(6,7)20(2)31/h22,28H,15-18H2,1-14H3. The minimum atomic E-state index is -0.609. The first kappa shape index (κ1) is 30.9. The molecule has 188 valence electrons. The molecule has 0 fully saturated rings. The van der Waals surface area contributed by atoms with E-state index in [0.717, 1.165) is 13.0 Å². The van der Waals surface area contributed by atoms with Gasteiger partial charge in [0.1, 0.15) is 17.3 Å². The zero-order valence-electron chi connectivity index (χ0n) is 23.6. The Balaban J connectivity index is 6.63. The molecule has 0 spiro atoms. The molecule has 5 heteroatoms. The van der Waals surface area contributed by atoms with Gasteiger partial charge in [-0.15, -0.1) is 0 Å². The summed E-state index contributed by atoms with van der Waals surface area (Å²) in [7, 11) is 1.95. The first-order chi connectivity index (χ1) is 14.0. The van der Waals surface area contributed by atoms with Crippen LogP contribution in [0.2, 0.25) is 0 Å². The molecule has 0 aliphatic rings. The Bertz CT molecular complexity index is 687. The van der Waals surface area contributed by atoms with Gasteiger partial charge >= 0.3 is 0 Å². The van der Waals surface area contributed by atoms with E-state index in [-0.39, 0.29) is 34.2 Å². The average molecular weight is 453 g/mol. The minimum Gasteiger partial charge on any atom is -0.319 e. The monoisotopic (exact) mass is 452 g/mol. The first-order valence-corrected chi connectivity index (χ1v) is 12.0. The first-order valence-electron chi connectivity index (χ1n) is 12.0. The molecule has 0 radical (unpaired) electrons. The van der Waals surface area contributed by atoms with Crippen molar-refractivity contribution in [3.63, 3.8) is 0 Å². The molecule has 0 bridgehead atoms. The van der Waals surface area contributed by atoms with Crippen LogP contribution in [0, 0.1) is 21.7 Å². The summed E-state index contributed by atoms with van der Waals surface area (Å²) >= 11 is 0. The maximum absolute atomic E-state index is 13.3. The van der Waals surface area contributed by atoms with Crippen LogP contribution in [0.4, 0.5) is 0 Å². The van der Waals surface area contributed by atoms with Crippen LogP contribution >= 0.6 is 0 Å². The van der Waals surface area contributed by atoms with Crippen molar-refractivity contribution >= 4 is 17.3 Å². The highest BCUT2D eigenvalue weighted by molar-refractivity contribution is 5.84. The third-order valence-electron chi connectivity index (χ3n) is 7.15. The highest BCUT2D eigenvalue weighted by Crippen LogP contribution is 2.44. The normalized spacial score (nSPS) is 15.1. The average Bonchev–Trinajstić information content (AvgIpc) is 2.50. The van der Waals surface area contributed by atoms with Gasteiger partial charge in [-0.25, -0.2) is 0 Å².